The van der Waals surface area contributed by atoms with Crippen molar-refractivity contribution in [1.82, 2.24) is 0 Å². The first-order chi connectivity index (χ1) is 9.65. The third-order valence-electron chi connectivity index (χ3n) is 3.38. The lowest BCUT2D eigenvalue weighted by Crippen LogP contribution is -2.13. The molecule has 0 heterocycles. The van der Waals surface area contributed by atoms with E-state index in [9.17, 15) is 4.39 Å². The van der Waals surface area contributed by atoms with Gasteiger partial charge in [0.05, 0.1) is 16.6 Å². The topological polar surface area (TPSA) is 35.2 Å². The van der Waals surface area contributed by atoms with Gasteiger partial charge in [-0.25, -0.2) is 4.39 Å². The monoisotopic (exact) mass is 335 g/mol. The molecule has 0 radical (unpaired) electrons. The van der Waals surface area contributed by atoms with Crippen LogP contribution in [0, 0.1) is 5.82 Å². The first-order valence-electron chi connectivity index (χ1n) is 6.61. The number of hydrogen-bond acceptors (Lipinski definition) is 2. The highest BCUT2D eigenvalue weighted by molar-refractivity contribution is 9.10. The number of rotatable bonds is 4. The Kier molecular flexibility index (Phi) is 3.76. The molecule has 3 rings (SSSR count). The van der Waals surface area contributed by atoms with Crippen molar-refractivity contribution >= 4 is 15.9 Å². The van der Waals surface area contributed by atoms with E-state index in [2.05, 4.69) is 15.9 Å². The van der Waals surface area contributed by atoms with Gasteiger partial charge < -0.3 is 10.5 Å². The summed E-state index contributed by atoms with van der Waals surface area (Å²) in [5.74, 6) is 0.538. The highest BCUT2D eigenvalue weighted by atomic mass is 79.9. The van der Waals surface area contributed by atoms with Gasteiger partial charge in [0.2, 0.25) is 0 Å². The molecule has 2 aromatic rings. The third-order valence-corrected chi connectivity index (χ3v) is 4.00. The Hall–Kier alpha value is -1.39. The first kappa shape index (κ1) is 13.6. The first-order valence-corrected chi connectivity index (χ1v) is 7.40. The van der Waals surface area contributed by atoms with Crippen LogP contribution in [-0.4, -0.2) is 6.10 Å². The van der Waals surface area contributed by atoms with Crippen molar-refractivity contribution in [3.63, 3.8) is 0 Å². The van der Waals surface area contributed by atoms with Gasteiger partial charge in [-0.15, -0.1) is 0 Å². The van der Waals surface area contributed by atoms with Crippen LogP contribution < -0.4 is 10.5 Å². The van der Waals surface area contributed by atoms with E-state index in [0.717, 1.165) is 24.2 Å². The van der Waals surface area contributed by atoms with E-state index < -0.39 is 6.04 Å². The quantitative estimate of drug-likeness (QED) is 0.909. The molecule has 1 saturated carbocycles. The van der Waals surface area contributed by atoms with Gasteiger partial charge in [-0.2, -0.15) is 0 Å². The number of nitrogens with two attached hydrogens (primary N) is 1. The highest BCUT2D eigenvalue weighted by Crippen LogP contribution is 2.30. The van der Waals surface area contributed by atoms with Gasteiger partial charge in [0, 0.05) is 5.56 Å². The smallest absolute Gasteiger partial charge is 0.142 e. The summed E-state index contributed by atoms with van der Waals surface area (Å²) in [6, 6.07) is 12.2. The zero-order chi connectivity index (χ0) is 14.1. The molecule has 2 N–H and O–H groups in total. The molecular formula is C16H15BrFNO. The Morgan fingerprint density at radius 3 is 2.50 bits per heavy atom. The van der Waals surface area contributed by atoms with Gasteiger partial charge in [0.1, 0.15) is 11.6 Å². The van der Waals surface area contributed by atoms with Crippen molar-refractivity contribution in [1.29, 1.82) is 0 Å². The van der Waals surface area contributed by atoms with E-state index in [1.165, 1.54) is 0 Å². The zero-order valence-electron chi connectivity index (χ0n) is 10.9. The molecule has 0 amide bonds. The van der Waals surface area contributed by atoms with Crippen LogP contribution in [-0.2, 0) is 0 Å². The Morgan fingerprint density at radius 1 is 1.15 bits per heavy atom. The number of benzene rings is 2. The Balaban J connectivity index is 1.82. The molecule has 1 unspecified atom stereocenters. The molecule has 1 aliphatic carbocycles. The minimum absolute atomic E-state index is 0.307. The molecule has 1 aliphatic rings. The summed E-state index contributed by atoms with van der Waals surface area (Å²) in [5, 5.41) is 0. The highest BCUT2D eigenvalue weighted by Gasteiger charge is 2.23. The van der Waals surface area contributed by atoms with Crippen molar-refractivity contribution in [2.45, 2.75) is 25.0 Å². The molecule has 2 nitrogen and oxygen atoms in total. The second-order valence-electron chi connectivity index (χ2n) is 5.01. The number of ether oxygens (including phenoxy) is 1. The lowest BCUT2D eigenvalue weighted by Gasteiger charge is -2.15. The van der Waals surface area contributed by atoms with Crippen LogP contribution in [0.2, 0.25) is 0 Å². The third kappa shape index (κ3) is 2.86. The van der Waals surface area contributed by atoms with E-state index in [4.69, 9.17) is 10.5 Å². The Bertz CT molecular complexity index is 610. The minimum atomic E-state index is -0.484. The van der Waals surface area contributed by atoms with Crippen LogP contribution in [0.4, 0.5) is 4.39 Å². The van der Waals surface area contributed by atoms with Gasteiger partial charge in [-0.1, -0.05) is 24.3 Å². The maximum Gasteiger partial charge on any atom is 0.142 e. The average molecular weight is 336 g/mol. The van der Waals surface area contributed by atoms with Crippen LogP contribution in [0.3, 0.4) is 0 Å². The van der Waals surface area contributed by atoms with E-state index >= 15 is 0 Å². The van der Waals surface area contributed by atoms with Gasteiger partial charge >= 0.3 is 0 Å². The molecular weight excluding hydrogens is 321 g/mol. The number of hydrogen-bond donors (Lipinski definition) is 1. The molecule has 0 bridgehead atoms. The molecule has 0 aromatic heterocycles. The fraction of sp³-hybridized carbons (Fsp3) is 0.250. The van der Waals surface area contributed by atoms with E-state index in [0.29, 0.717) is 16.1 Å². The van der Waals surface area contributed by atoms with Crippen molar-refractivity contribution in [2.75, 3.05) is 0 Å². The summed E-state index contributed by atoms with van der Waals surface area (Å²) in [4.78, 5) is 0. The fourth-order valence-electron chi connectivity index (χ4n) is 2.07. The summed E-state index contributed by atoms with van der Waals surface area (Å²) in [7, 11) is 0. The van der Waals surface area contributed by atoms with Crippen LogP contribution >= 0.6 is 15.9 Å². The fourth-order valence-corrected chi connectivity index (χ4v) is 2.45. The average Bonchev–Trinajstić information content (AvgIpc) is 3.26. The lowest BCUT2D eigenvalue weighted by molar-refractivity contribution is 0.303. The molecule has 1 fully saturated rings. The van der Waals surface area contributed by atoms with E-state index in [1.807, 2.05) is 24.3 Å². The van der Waals surface area contributed by atoms with Crippen molar-refractivity contribution < 1.29 is 9.13 Å². The summed E-state index contributed by atoms with van der Waals surface area (Å²) in [6.07, 6.45) is 2.63. The minimum Gasteiger partial charge on any atom is -0.490 e. The van der Waals surface area contributed by atoms with E-state index in [1.54, 1.807) is 18.2 Å². The molecule has 0 saturated heterocycles. The van der Waals surface area contributed by atoms with Crippen LogP contribution in [0.25, 0.3) is 0 Å². The molecule has 2 aromatic carbocycles. The molecule has 4 heteroatoms. The second-order valence-corrected chi connectivity index (χ2v) is 5.86. The van der Waals surface area contributed by atoms with Crippen molar-refractivity contribution in [3.8, 4) is 5.75 Å². The molecule has 0 aliphatic heterocycles. The van der Waals surface area contributed by atoms with Gasteiger partial charge in [0.15, 0.2) is 0 Å². The lowest BCUT2D eigenvalue weighted by atomic mass is 9.99. The normalized spacial score (nSPS) is 15.9. The second kappa shape index (κ2) is 5.54. The molecule has 20 heavy (non-hydrogen) atoms. The molecule has 1 atom stereocenters. The summed E-state index contributed by atoms with van der Waals surface area (Å²) < 4.78 is 20.2. The van der Waals surface area contributed by atoms with Crippen LogP contribution in [0.1, 0.15) is 30.0 Å². The van der Waals surface area contributed by atoms with Gasteiger partial charge in [0.25, 0.3) is 0 Å². The predicted molar refractivity (Wildman–Crippen MR) is 80.2 cm³/mol. The largest absolute Gasteiger partial charge is 0.490 e. The summed E-state index contributed by atoms with van der Waals surface area (Å²) in [5.41, 5.74) is 7.50. The van der Waals surface area contributed by atoms with Crippen LogP contribution in [0.5, 0.6) is 5.75 Å². The predicted octanol–water partition coefficient (Wildman–Crippen LogP) is 4.18. The van der Waals surface area contributed by atoms with Gasteiger partial charge in [-0.05, 0) is 52.5 Å². The van der Waals surface area contributed by atoms with Crippen molar-refractivity contribution in [2.24, 2.45) is 5.73 Å². The molecule has 104 valence electrons. The van der Waals surface area contributed by atoms with Crippen LogP contribution in [0.15, 0.2) is 46.9 Å². The molecule has 0 spiro atoms. The van der Waals surface area contributed by atoms with E-state index in [-0.39, 0.29) is 5.82 Å². The van der Waals surface area contributed by atoms with Gasteiger partial charge in [-0.3, -0.25) is 0 Å². The SMILES string of the molecule is NC(c1ccc(OC2CC2)cc1)c1cccc(Br)c1F. The maximum absolute atomic E-state index is 14.0. The standard InChI is InChI=1S/C16H15BrFNO/c17-14-3-1-2-13(15(14)18)16(19)10-4-6-11(7-5-10)20-12-8-9-12/h1-7,12,16H,8-9,19H2. The van der Waals surface area contributed by atoms with Crippen molar-refractivity contribution in [3.05, 3.63) is 63.9 Å². The number of halogens is 2. The summed E-state index contributed by atoms with van der Waals surface area (Å²) >= 11 is 3.18. The summed E-state index contributed by atoms with van der Waals surface area (Å²) in [6.45, 7) is 0. The maximum atomic E-state index is 14.0. The Labute approximate surface area is 125 Å². The Morgan fingerprint density at radius 2 is 1.85 bits per heavy atom. The zero-order valence-corrected chi connectivity index (χ0v) is 12.4.